The summed E-state index contributed by atoms with van der Waals surface area (Å²) in [5.74, 6) is 0. The number of hydrogen-bond acceptors (Lipinski definition) is 0. The Bertz CT molecular complexity index is 1890. The van der Waals surface area contributed by atoms with Crippen LogP contribution in [0.15, 0.2) is 103 Å². The van der Waals surface area contributed by atoms with Crippen molar-refractivity contribution >= 4 is 54.4 Å². The Hall–Kier alpha value is -4.04. The van der Waals surface area contributed by atoms with E-state index in [2.05, 4.69) is 133 Å². The molecule has 2 heterocycles. The predicted molar refractivity (Wildman–Crippen MR) is 146 cm³/mol. The zero-order valence-electron chi connectivity index (χ0n) is 19.7. The van der Waals surface area contributed by atoms with Gasteiger partial charge in [0.15, 0.2) is 0 Å². The molecule has 0 unspecified atom stereocenters. The molecular formula is C32H26N2. The molecule has 7 rings (SSSR count). The van der Waals surface area contributed by atoms with Gasteiger partial charge < -0.3 is 9.13 Å². The number of para-hydroxylation sites is 2. The van der Waals surface area contributed by atoms with Crippen molar-refractivity contribution in [3.05, 3.63) is 103 Å². The minimum atomic E-state index is -0.0538. The van der Waals surface area contributed by atoms with Gasteiger partial charge in [-0.05, 0) is 61.9 Å². The van der Waals surface area contributed by atoms with Crippen LogP contribution in [0, 0.1) is 0 Å². The highest BCUT2D eigenvalue weighted by Gasteiger charge is 2.24. The monoisotopic (exact) mass is 438 g/mol. The quantitative estimate of drug-likeness (QED) is 0.242. The van der Waals surface area contributed by atoms with E-state index in [1.54, 1.807) is 0 Å². The van der Waals surface area contributed by atoms with E-state index >= 15 is 0 Å². The molecule has 2 nitrogen and oxygen atoms in total. The van der Waals surface area contributed by atoms with Gasteiger partial charge in [0.25, 0.3) is 0 Å². The summed E-state index contributed by atoms with van der Waals surface area (Å²) in [5.41, 5.74) is 6.25. The predicted octanol–water partition coefficient (Wildman–Crippen LogP) is 8.80. The van der Waals surface area contributed by atoms with Gasteiger partial charge in [0.05, 0.1) is 16.6 Å². The summed E-state index contributed by atoms with van der Waals surface area (Å²) < 4.78 is 4.97. The first-order valence-corrected chi connectivity index (χ1v) is 12.0. The molecule has 0 atom stereocenters. The van der Waals surface area contributed by atoms with Crippen LogP contribution in [0.25, 0.3) is 60.1 Å². The summed E-state index contributed by atoms with van der Waals surface area (Å²) in [6, 6.07) is 37.7. The summed E-state index contributed by atoms with van der Waals surface area (Å²) in [4.78, 5) is 0. The lowest BCUT2D eigenvalue weighted by Crippen LogP contribution is -2.21. The van der Waals surface area contributed by atoms with Gasteiger partial charge in [-0.2, -0.15) is 0 Å². The van der Waals surface area contributed by atoms with Crippen molar-refractivity contribution in [1.82, 2.24) is 9.13 Å². The summed E-state index contributed by atoms with van der Waals surface area (Å²) in [6.07, 6.45) is 0. The van der Waals surface area contributed by atoms with Gasteiger partial charge in [-0.15, -0.1) is 0 Å². The molecule has 0 aliphatic heterocycles. The maximum atomic E-state index is 2.54. The third-order valence-electron chi connectivity index (χ3n) is 7.13. The first-order valence-electron chi connectivity index (χ1n) is 12.0. The zero-order valence-corrected chi connectivity index (χ0v) is 19.7. The molecule has 0 spiro atoms. The van der Waals surface area contributed by atoms with Crippen LogP contribution < -0.4 is 0 Å². The molecule has 5 aromatic carbocycles. The van der Waals surface area contributed by atoms with E-state index in [0.29, 0.717) is 0 Å². The molecule has 0 N–H and O–H groups in total. The first kappa shape index (κ1) is 19.4. The lowest BCUT2D eigenvalue weighted by atomic mass is 10.1. The molecule has 34 heavy (non-hydrogen) atoms. The topological polar surface area (TPSA) is 9.86 Å². The molecule has 0 fully saturated rings. The Labute approximate surface area is 198 Å². The van der Waals surface area contributed by atoms with Crippen molar-refractivity contribution in [2.75, 3.05) is 0 Å². The van der Waals surface area contributed by atoms with E-state index in [1.165, 1.54) is 60.1 Å². The van der Waals surface area contributed by atoms with Gasteiger partial charge in [0.2, 0.25) is 0 Å². The molecule has 0 radical (unpaired) electrons. The average molecular weight is 439 g/mol. The second-order valence-corrected chi connectivity index (χ2v) is 10.3. The van der Waals surface area contributed by atoms with Crippen LogP contribution in [0.4, 0.5) is 0 Å². The number of rotatable bonds is 1. The zero-order chi connectivity index (χ0) is 23.0. The van der Waals surface area contributed by atoms with Crippen LogP contribution in [0.3, 0.4) is 0 Å². The second kappa shape index (κ2) is 6.74. The van der Waals surface area contributed by atoms with E-state index in [0.717, 1.165) is 0 Å². The Balaban J connectivity index is 1.71. The standard InChI is InChI=1S/C32H26N2/c1-32(2,3)34-28-15-9-6-12-24(28)25-18-19-29-30(31(25)34)26-13-7-8-14-27(26)33(29)23-17-16-21-10-4-5-11-22(21)20-23/h4-20H,1-3H3. The van der Waals surface area contributed by atoms with Crippen LogP contribution in [0.1, 0.15) is 20.8 Å². The van der Waals surface area contributed by atoms with Gasteiger partial charge in [-0.25, -0.2) is 0 Å². The molecular weight excluding hydrogens is 412 g/mol. The molecule has 0 amide bonds. The number of fused-ring (bicyclic) bond motifs is 8. The third kappa shape index (κ3) is 2.57. The van der Waals surface area contributed by atoms with Crippen molar-refractivity contribution in [3.8, 4) is 5.69 Å². The van der Waals surface area contributed by atoms with Gasteiger partial charge >= 0.3 is 0 Å². The van der Waals surface area contributed by atoms with Crippen molar-refractivity contribution in [2.24, 2.45) is 0 Å². The fourth-order valence-corrected chi connectivity index (χ4v) is 5.80. The highest BCUT2D eigenvalue weighted by Crippen LogP contribution is 2.42. The van der Waals surface area contributed by atoms with Crippen LogP contribution in [-0.2, 0) is 5.54 Å². The molecule has 0 bridgehead atoms. The lowest BCUT2D eigenvalue weighted by Gasteiger charge is -2.24. The van der Waals surface area contributed by atoms with Crippen LogP contribution in [0.2, 0.25) is 0 Å². The lowest BCUT2D eigenvalue weighted by molar-refractivity contribution is 0.424. The van der Waals surface area contributed by atoms with Crippen molar-refractivity contribution in [1.29, 1.82) is 0 Å². The Morgan fingerprint density at radius 2 is 1.21 bits per heavy atom. The smallest absolute Gasteiger partial charge is 0.0598 e. The summed E-state index contributed by atoms with van der Waals surface area (Å²) in [7, 11) is 0. The van der Waals surface area contributed by atoms with Gasteiger partial charge in [0, 0.05) is 38.3 Å². The fourth-order valence-electron chi connectivity index (χ4n) is 5.80. The number of aromatic nitrogens is 2. The molecule has 164 valence electrons. The van der Waals surface area contributed by atoms with E-state index < -0.39 is 0 Å². The molecule has 0 aliphatic rings. The molecule has 2 aromatic heterocycles. The SMILES string of the molecule is CC(C)(C)n1c2ccccc2c2ccc3c(c4ccccc4n3-c3ccc4ccccc4c3)c21. The van der Waals surface area contributed by atoms with E-state index in [-0.39, 0.29) is 5.54 Å². The van der Waals surface area contributed by atoms with E-state index in [1.807, 2.05) is 0 Å². The van der Waals surface area contributed by atoms with E-state index in [9.17, 15) is 0 Å². The van der Waals surface area contributed by atoms with Crippen molar-refractivity contribution in [2.45, 2.75) is 26.3 Å². The maximum Gasteiger partial charge on any atom is 0.0598 e. The molecule has 2 heteroatoms. The Morgan fingerprint density at radius 1 is 0.529 bits per heavy atom. The highest BCUT2D eigenvalue weighted by atomic mass is 15.1. The highest BCUT2D eigenvalue weighted by molar-refractivity contribution is 6.25. The van der Waals surface area contributed by atoms with Crippen LogP contribution >= 0.6 is 0 Å². The van der Waals surface area contributed by atoms with Crippen molar-refractivity contribution in [3.63, 3.8) is 0 Å². The average Bonchev–Trinajstić information content (AvgIpc) is 3.36. The third-order valence-corrected chi connectivity index (χ3v) is 7.13. The number of benzene rings is 5. The molecule has 0 saturated carbocycles. The van der Waals surface area contributed by atoms with E-state index in [4.69, 9.17) is 0 Å². The number of nitrogens with zero attached hydrogens (tertiary/aromatic N) is 2. The largest absolute Gasteiger partial charge is 0.335 e. The van der Waals surface area contributed by atoms with Gasteiger partial charge in [-0.3, -0.25) is 0 Å². The normalized spacial score (nSPS) is 12.6. The maximum absolute atomic E-state index is 2.54. The summed E-state index contributed by atoms with van der Waals surface area (Å²) >= 11 is 0. The molecule has 0 saturated heterocycles. The molecule has 0 aliphatic carbocycles. The molecule has 7 aromatic rings. The summed E-state index contributed by atoms with van der Waals surface area (Å²) in [5, 5.41) is 7.78. The van der Waals surface area contributed by atoms with Crippen molar-refractivity contribution < 1.29 is 0 Å². The Kier molecular flexibility index (Phi) is 3.85. The minimum absolute atomic E-state index is 0.0538. The second-order valence-electron chi connectivity index (χ2n) is 10.3. The first-order chi connectivity index (χ1) is 16.5. The van der Waals surface area contributed by atoms with Gasteiger partial charge in [-0.1, -0.05) is 72.8 Å². The Morgan fingerprint density at radius 3 is 2.00 bits per heavy atom. The van der Waals surface area contributed by atoms with Gasteiger partial charge in [0.1, 0.15) is 0 Å². The van der Waals surface area contributed by atoms with Crippen LogP contribution in [-0.4, -0.2) is 9.13 Å². The fraction of sp³-hybridized carbons (Fsp3) is 0.125. The minimum Gasteiger partial charge on any atom is -0.335 e. The van der Waals surface area contributed by atoms with Crippen LogP contribution in [0.5, 0.6) is 0 Å². The summed E-state index contributed by atoms with van der Waals surface area (Å²) in [6.45, 7) is 6.92. The number of hydrogen-bond donors (Lipinski definition) is 0.